The number of hydrogen-bond acceptors (Lipinski definition) is 4. The molecule has 7 rings (SSSR count). The van der Waals surface area contributed by atoms with Crippen molar-refractivity contribution >= 4 is 11.6 Å². The number of imidazole rings is 1. The van der Waals surface area contributed by atoms with Crippen molar-refractivity contribution < 1.29 is 9.18 Å². The number of rotatable bonds is 5. The monoisotopic (exact) mass is 535 g/mol. The van der Waals surface area contributed by atoms with Gasteiger partial charge < -0.3 is 20.9 Å². The van der Waals surface area contributed by atoms with Gasteiger partial charge in [-0.2, -0.15) is 0 Å². The molecular weight excluding hydrogens is 501 g/mol. The highest BCUT2D eigenvalue weighted by Crippen LogP contribution is 2.50. The minimum absolute atomic E-state index is 0.180. The molecule has 3 aliphatic rings. The molecule has 40 heavy (non-hydrogen) atoms. The Hall–Kier alpha value is -3.81. The highest BCUT2D eigenvalue weighted by molar-refractivity contribution is 5.96. The molecule has 0 radical (unpaired) electrons. The third-order valence-electron chi connectivity index (χ3n) is 8.85. The maximum absolute atomic E-state index is 13.6. The second-order valence-corrected chi connectivity index (χ2v) is 11.8. The van der Waals surface area contributed by atoms with Crippen LogP contribution in [-0.2, 0) is 10.2 Å². The summed E-state index contributed by atoms with van der Waals surface area (Å²) < 4.78 is 13.6. The molecule has 3 unspecified atom stereocenters. The third-order valence-corrected chi connectivity index (χ3v) is 8.85. The van der Waals surface area contributed by atoms with Crippen LogP contribution >= 0.6 is 0 Å². The fourth-order valence-electron chi connectivity index (χ4n) is 6.54. The summed E-state index contributed by atoms with van der Waals surface area (Å²) in [7, 11) is 0. The van der Waals surface area contributed by atoms with Crippen molar-refractivity contribution in [1.82, 2.24) is 20.6 Å². The van der Waals surface area contributed by atoms with Crippen LogP contribution in [0.5, 0.6) is 0 Å². The van der Waals surface area contributed by atoms with Crippen LogP contribution in [0.25, 0.3) is 33.5 Å². The summed E-state index contributed by atoms with van der Waals surface area (Å²) in [6, 6.07) is 21.3. The second kappa shape index (κ2) is 9.68. The van der Waals surface area contributed by atoms with Crippen molar-refractivity contribution in [3.63, 3.8) is 0 Å². The molecular formula is C33H34FN5O. The van der Waals surface area contributed by atoms with E-state index in [-0.39, 0.29) is 24.3 Å². The van der Waals surface area contributed by atoms with Crippen LogP contribution in [0.2, 0.25) is 0 Å². The van der Waals surface area contributed by atoms with E-state index >= 15 is 0 Å². The van der Waals surface area contributed by atoms with E-state index in [9.17, 15) is 9.18 Å². The van der Waals surface area contributed by atoms with Gasteiger partial charge in [0.2, 0.25) is 5.91 Å². The SMILES string of the molecule is CC1(C)c2cc(NC(=O)C3CC(F)CN3)ccc2-c2ccc(-c3ccc(-c4cnc(C5CCCN5)[nH]4)cc3)cc21. The molecule has 0 saturated carbocycles. The van der Waals surface area contributed by atoms with Crippen LogP contribution in [0.4, 0.5) is 10.1 Å². The van der Waals surface area contributed by atoms with Crippen LogP contribution in [0.3, 0.4) is 0 Å². The lowest BCUT2D eigenvalue weighted by molar-refractivity contribution is -0.117. The summed E-state index contributed by atoms with van der Waals surface area (Å²) in [6.45, 7) is 5.75. The van der Waals surface area contributed by atoms with Crippen LogP contribution in [-0.4, -0.2) is 41.2 Å². The molecule has 3 aromatic carbocycles. The zero-order valence-electron chi connectivity index (χ0n) is 22.9. The van der Waals surface area contributed by atoms with Crippen LogP contribution < -0.4 is 16.0 Å². The first-order valence-electron chi connectivity index (χ1n) is 14.2. The average molecular weight is 536 g/mol. The number of benzene rings is 3. The highest BCUT2D eigenvalue weighted by Gasteiger charge is 2.36. The fourth-order valence-corrected chi connectivity index (χ4v) is 6.54. The number of anilines is 1. The van der Waals surface area contributed by atoms with Gasteiger partial charge in [-0.3, -0.25) is 4.79 Å². The Kier molecular flexibility index (Phi) is 6.09. The molecule has 1 amide bonds. The number of aromatic amines is 1. The standard InChI is InChI=1S/C33H34FN5O/c1-33(2)26-14-21(19-5-7-20(8-6-19)30-18-37-31(39-30)28-4-3-13-35-28)9-11-24(26)25-12-10-23(16-27(25)33)38-32(40)29-15-22(34)17-36-29/h5-12,14,16,18,22,28-29,35-36H,3-4,13,15,17H2,1-2H3,(H,37,39)(H,38,40). The minimum atomic E-state index is -0.966. The van der Waals surface area contributed by atoms with Gasteiger partial charge in [0.15, 0.2) is 0 Å². The molecule has 2 saturated heterocycles. The van der Waals surface area contributed by atoms with E-state index in [1.165, 1.54) is 39.8 Å². The first-order chi connectivity index (χ1) is 19.4. The lowest BCUT2D eigenvalue weighted by atomic mass is 9.81. The quantitative estimate of drug-likeness (QED) is 0.248. The number of carbonyl (C=O) groups excluding carboxylic acids is 1. The molecule has 0 bridgehead atoms. The molecule has 6 nitrogen and oxygen atoms in total. The van der Waals surface area contributed by atoms with Gasteiger partial charge in [0, 0.05) is 24.1 Å². The highest BCUT2D eigenvalue weighted by atomic mass is 19.1. The summed E-state index contributed by atoms with van der Waals surface area (Å²) in [5, 5.41) is 9.45. The third kappa shape index (κ3) is 4.34. The Labute approximate surface area is 233 Å². The van der Waals surface area contributed by atoms with Gasteiger partial charge in [-0.25, -0.2) is 9.37 Å². The molecule has 3 atom stereocenters. The maximum atomic E-state index is 13.6. The van der Waals surface area contributed by atoms with Crippen molar-refractivity contribution in [2.24, 2.45) is 0 Å². The molecule has 0 spiro atoms. The van der Waals surface area contributed by atoms with Gasteiger partial charge in [-0.05, 0) is 76.5 Å². The number of H-pyrrole nitrogens is 1. The lowest BCUT2D eigenvalue weighted by Gasteiger charge is -2.23. The number of nitrogens with zero attached hydrogens (tertiary/aromatic N) is 1. The number of nitrogens with one attached hydrogen (secondary N) is 4. The zero-order chi connectivity index (χ0) is 27.4. The van der Waals surface area contributed by atoms with E-state index < -0.39 is 12.2 Å². The molecule has 2 fully saturated rings. The summed E-state index contributed by atoms with van der Waals surface area (Å²) in [4.78, 5) is 20.8. The number of hydrogen-bond donors (Lipinski definition) is 4. The van der Waals surface area contributed by atoms with E-state index in [4.69, 9.17) is 0 Å². The Morgan fingerprint density at radius 2 is 1.68 bits per heavy atom. The molecule has 4 N–H and O–H groups in total. The zero-order valence-corrected chi connectivity index (χ0v) is 22.9. The van der Waals surface area contributed by atoms with Gasteiger partial charge in [-0.1, -0.05) is 56.3 Å². The van der Waals surface area contributed by atoms with Gasteiger partial charge in [0.05, 0.1) is 24.0 Å². The van der Waals surface area contributed by atoms with Gasteiger partial charge >= 0.3 is 0 Å². The molecule has 204 valence electrons. The van der Waals surface area contributed by atoms with Crippen molar-refractivity contribution in [2.75, 3.05) is 18.4 Å². The van der Waals surface area contributed by atoms with E-state index in [0.29, 0.717) is 6.04 Å². The summed E-state index contributed by atoms with van der Waals surface area (Å²) in [6.07, 6.45) is 3.50. The fraction of sp³-hybridized carbons (Fsp3) is 0.333. The van der Waals surface area contributed by atoms with Gasteiger partial charge in [-0.15, -0.1) is 0 Å². The summed E-state index contributed by atoms with van der Waals surface area (Å²) in [5.41, 5.74) is 9.89. The first-order valence-corrected chi connectivity index (χ1v) is 14.2. The minimum Gasteiger partial charge on any atom is -0.341 e. The predicted octanol–water partition coefficient (Wildman–Crippen LogP) is 6.11. The smallest absolute Gasteiger partial charge is 0.241 e. The van der Waals surface area contributed by atoms with E-state index in [2.05, 4.69) is 94.4 Å². The van der Waals surface area contributed by atoms with Gasteiger partial charge in [0.25, 0.3) is 0 Å². The number of halogens is 1. The normalized spacial score (nSPS) is 22.7. The van der Waals surface area contributed by atoms with Crippen LogP contribution in [0.1, 0.15) is 56.1 Å². The second-order valence-electron chi connectivity index (χ2n) is 11.8. The molecule has 4 aromatic rings. The number of carbonyl (C=O) groups is 1. The largest absolute Gasteiger partial charge is 0.341 e. The average Bonchev–Trinajstić information content (AvgIpc) is 3.77. The predicted molar refractivity (Wildman–Crippen MR) is 157 cm³/mol. The molecule has 3 heterocycles. The lowest BCUT2D eigenvalue weighted by Crippen LogP contribution is -2.35. The number of aromatic nitrogens is 2. The number of alkyl halides is 1. The van der Waals surface area contributed by atoms with Crippen molar-refractivity contribution in [1.29, 1.82) is 0 Å². The molecule has 2 aliphatic heterocycles. The molecule has 1 aromatic heterocycles. The topological polar surface area (TPSA) is 81.8 Å². The summed E-state index contributed by atoms with van der Waals surface area (Å²) in [5.74, 6) is 0.837. The Morgan fingerprint density at radius 1 is 0.950 bits per heavy atom. The van der Waals surface area contributed by atoms with Gasteiger partial charge in [0.1, 0.15) is 12.0 Å². The van der Waals surface area contributed by atoms with Crippen molar-refractivity contribution in [2.45, 2.75) is 56.8 Å². The Bertz CT molecular complexity index is 1580. The van der Waals surface area contributed by atoms with Crippen molar-refractivity contribution in [3.8, 4) is 33.5 Å². The van der Waals surface area contributed by atoms with E-state index in [1.54, 1.807) is 0 Å². The van der Waals surface area contributed by atoms with Crippen LogP contribution in [0.15, 0.2) is 66.9 Å². The molecule has 1 aliphatic carbocycles. The maximum Gasteiger partial charge on any atom is 0.241 e. The number of fused-ring (bicyclic) bond motifs is 3. The van der Waals surface area contributed by atoms with Crippen molar-refractivity contribution in [3.05, 3.63) is 83.8 Å². The number of amides is 1. The summed E-state index contributed by atoms with van der Waals surface area (Å²) >= 11 is 0. The molecule has 7 heteroatoms. The van der Waals surface area contributed by atoms with E-state index in [0.717, 1.165) is 35.7 Å². The first kappa shape index (κ1) is 25.2. The Balaban J connectivity index is 1.12. The Morgan fingerprint density at radius 3 is 2.40 bits per heavy atom. The van der Waals surface area contributed by atoms with Crippen LogP contribution in [0, 0.1) is 0 Å². The van der Waals surface area contributed by atoms with E-state index in [1.807, 2.05) is 12.3 Å².